The molecule has 0 fully saturated rings. The van der Waals surface area contributed by atoms with Gasteiger partial charge in [0.05, 0.1) is 6.26 Å². The zero-order valence-electron chi connectivity index (χ0n) is 11.1. The summed E-state index contributed by atoms with van der Waals surface area (Å²) in [6, 6.07) is 6.26. The molecule has 0 aliphatic carbocycles. The molecule has 2 rings (SSSR count). The monoisotopic (exact) mass is 310 g/mol. The van der Waals surface area contributed by atoms with Crippen LogP contribution < -0.4 is 15.8 Å². The molecule has 0 saturated carbocycles. The van der Waals surface area contributed by atoms with Crippen molar-refractivity contribution in [2.45, 2.75) is 6.54 Å². The molecule has 0 radical (unpaired) electrons. The number of carbonyl (C=O) groups excluding carboxylic acids is 1. The number of anilines is 3. The SMILES string of the molecule is CS(=O)(=O)Nc1ccc(NC(=O)Cn2cnc(N)n2)cc1. The number of sulfonamides is 1. The van der Waals surface area contributed by atoms with Gasteiger partial charge in [-0.25, -0.2) is 18.1 Å². The molecule has 1 heterocycles. The van der Waals surface area contributed by atoms with Gasteiger partial charge in [0.1, 0.15) is 12.9 Å². The second-order valence-electron chi connectivity index (χ2n) is 4.30. The van der Waals surface area contributed by atoms with Crippen LogP contribution in [0.25, 0.3) is 0 Å². The Kier molecular flexibility index (Phi) is 4.08. The van der Waals surface area contributed by atoms with E-state index in [0.717, 1.165) is 6.26 Å². The summed E-state index contributed by atoms with van der Waals surface area (Å²) in [4.78, 5) is 15.5. The van der Waals surface area contributed by atoms with Gasteiger partial charge in [0, 0.05) is 11.4 Å². The maximum Gasteiger partial charge on any atom is 0.246 e. The summed E-state index contributed by atoms with van der Waals surface area (Å²) in [6.45, 7) is -0.0203. The van der Waals surface area contributed by atoms with Gasteiger partial charge in [-0.3, -0.25) is 9.52 Å². The predicted octanol–water partition coefficient (Wildman–Crippen LogP) is -0.130. The van der Waals surface area contributed by atoms with E-state index in [4.69, 9.17) is 5.73 Å². The molecule has 0 spiro atoms. The highest BCUT2D eigenvalue weighted by Crippen LogP contribution is 2.14. The van der Waals surface area contributed by atoms with Crippen LogP contribution in [0.15, 0.2) is 30.6 Å². The number of benzene rings is 1. The number of carbonyl (C=O) groups is 1. The highest BCUT2D eigenvalue weighted by Gasteiger charge is 2.06. The van der Waals surface area contributed by atoms with Gasteiger partial charge in [0.25, 0.3) is 0 Å². The Balaban J connectivity index is 1.95. The largest absolute Gasteiger partial charge is 0.367 e. The fourth-order valence-corrected chi connectivity index (χ4v) is 2.13. The van der Waals surface area contributed by atoms with Crippen LogP contribution in [0.4, 0.5) is 17.3 Å². The number of nitrogens with one attached hydrogen (secondary N) is 2. The number of nitrogens with two attached hydrogens (primary N) is 1. The summed E-state index contributed by atoms with van der Waals surface area (Å²) in [6.07, 6.45) is 2.42. The first-order valence-electron chi connectivity index (χ1n) is 5.84. The van der Waals surface area contributed by atoms with Crippen molar-refractivity contribution in [2.75, 3.05) is 22.0 Å². The lowest BCUT2D eigenvalue weighted by molar-refractivity contribution is -0.116. The number of hydrogen-bond acceptors (Lipinski definition) is 6. The van der Waals surface area contributed by atoms with E-state index in [2.05, 4.69) is 20.1 Å². The summed E-state index contributed by atoms with van der Waals surface area (Å²) in [7, 11) is -3.32. The fraction of sp³-hybridized carbons (Fsp3) is 0.182. The van der Waals surface area contributed by atoms with Crippen LogP contribution in [0.1, 0.15) is 0 Å². The molecule has 10 heteroatoms. The molecule has 0 bridgehead atoms. The first kappa shape index (κ1) is 14.8. The Hall–Kier alpha value is -2.62. The first-order chi connectivity index (χ1) is 9.82. The summed E-state index contributed by atoms with van der Waals surface area (Å²) < 4.78 is 25.8. The lowest BCUT2D eigenvalue weighted by atomic mass is 10.3. The summed E-state index contributed by atoms with van der Waals surface area (Å²) in [5.74, 6) is -0.206. The maximum atomic E-state index is 11.8. The normalized spacial score (nSPS) is 11.1. The van der Waals surface area contributed by atoms with Gasteiger partial charge in [-0.05, 0) is 24.3 Å². The van der Waals surface area contributed by atoms with Crippen molar-refractivity contribution in [1.82, 2.24) is 14.8 Å². The Morgan fingerprint density at radius 3 is 2.43 bits per heavy atom. The second-order valence-corrected chi connectivity index (χ2v) is 6.05. The van der Waals surface area contributed by atoms with Crippen molar-refractivity contribution < 1.29 is 13.2 Å². The first-order valence-corrected chi connectivity index (χ1v) is 7.73. The van der Waals surface area contributed by atoms with Crippen LogP contribution in [0.5, 0.6) is 0 Å². The number of nitrogen functional groups attached to an aromatic ring is 1. The molecule has 21 heavy (non-hydrogen) atoms. The van der Waals surface area contributed by atoms with Crippen molar-refractivity contribution >= 4 is 33.3 Å². The van der Waals surface area contributed by atoms with E-state index < -0.39 is 10.0 Å². The van der Waals surface area contributed by atoms with Gasteiger partial charge in [-0.1, -0.05) is 0 Å². The zero-order valence-corrected chi connectivity index (χ0v) is 12.0. The van der Waals surface area contributed by atoms with Gasteiger partial charge in [0.2, 0.25) is 21.9 Å². The molecule has 1 aromatic carbocycles. The Labute approximate surface area is 121 Å². The van der Waals surface area contributed by atoms with Gasteiger partial charge in [-0.2, -0.15) is 0 Å². The zero-order chi connectivity index (χ0) is 15.5. The third kappa shape index (κ3) is 4.76. The lowest BCUT2D eigenvalue weighted by Gasteiger charge is -2.07. The molecule has 0 saturated heterocycles. The van der Waals surface area contributed by atoms with Crippen molar-refractivity contribution in [3.63, 3.8) is 0 Å². The average molecular weight is 310 g/mol. The van der Waals surface area contributed by atoms with Gasteiger partial charge in [0.15, 0.2) is 0 Å². The lowest BCUT2D eigenvalue weighted by Crippen LogP contribution is -2.19. The van der Waals surface area contributed by atoms with Gasteiger partial charge < -0.3 is 11.1 Å². The number of rotatable bonds is 5. The van der Waals surface area contributed by atoms with E-state index in [-0.39, 0.29) is 18.4 Å². The summed E-state index contributed by atoms with van der Waals surface area (Å²) >= 11 is 0. The minimum absolute atomic E-state index is 0.0203. The molecule has 2 aromatic rings. The molecule has 0 unspecified atom stereocenters. The van der Waals surface area contributed by atoms with Crippen LogP contribution in [-0.4, -0.2) is 35.3 Å². The van der Waals surface area contributed by atoms with Crippen LogP contribution in [-0.2, 0) is 21.4 Å². The molecule has 0 atom stereocenters. The molecule has 4 N–H and O–H groups in total. The molecule has 1 amide bonds. The number of nitrogens with zero attached hydrogens (tertiary/aromatic N) is 3. The highest BCUT2D eigenvalue weighted by molar-refractivity contribution is 7.92. The summed E-state index contributed by atoms with van der Waals surface area (Å²) in [5.41, 5.74) is 6.29. The Morgan fingerprint density at radius 2 is 1.90 bits per heavy atom. The maximum absolute atomic E-state index is 11.8. The van der Waals surface area contributed by atoms with Crippen molar-refractivity contribution in [2.24, 2.45) is 0 Å². The van der Waals surface area contributed by atoms with E-state index in [1.165, 1.54) is 11.0 Å². The molecule has 0 aliphatic heterocycles. The second kappa shape index (κ2) is 5.79. The number of hydrogen-bond donors (Lipinski definition) is 3. The standard InChI is InChI=1S/C11H14N6O3S/c1-21(19,20)16-9-4-2-8(3-5-9)14-10(18)6-17-7-13-11(12)15-17/h2-5,7,16H,6H2,1H3,(H2,12,15)(H,14,18). The Morgan fingerprint density at radius 1 is 1.29 bits per heavy atom. The van der Waals surface area contributed by atoms with Crippen molar-refractivity contribution in [3.8, 4) is 0 Å². The minimum atomic E-state index is -3.32. The highest BCUT2D eigenvalue weighted by atomic mass is 32.2. The van der Waals surface area contributed by atoms with Gasteiger partial charge in [-0.15, -0.1) is 5.10 Å². The van der Waals surface area contributed by atoms with Crippen LogP contribution in [0.3, 0.4) is 0 Å². The van der Waals surface area contributed by atoms with E-state index in [0.29, 0.717) is 11.4 Å². The van der Waals surface area contributed by atoms with Crippen LogP contribution in [0.2, 0.25) is 0 Å². The summed E-state index contributed by atoms with van der Waals surface area (Å²) in [5, 5.41) is 6.44. The van der Waals surface area contributed by atoms with Crippen molar-refractivity contribution in [1.29, 1.82) is 0 Å². The molecule has 9 nitrogen and oxygen atoms in total. The molecule has 112 valence electrons. The predicted molar refractivity (Wildman–Crippen MR) is 78.0 cm³/mol. The van der Waals surface area contributed by atoms with Crippen LogP contribution >= 0.6 is 0 Å². The molecular formula is C11H14N6O3S. The average Bonchev–Trinajstić information content (AvgIpc) is 2.75. The quantitative estimate of drug-likeness (QED) is 0.705. The minimum Gasteiger partial charge on any atom is -0.367 e. The molecular weight excluding hydrogens is 296 g/mol. The van der Waals surface area contributed by atoms with Crippen molar-refractivity contribution in [3.05, 3.63) is 30.6 Å². The number of aromatic nitrogens is 3. The third-order valence-electron chi connectivity index (χ3n) is 2.33. The van der Waals surface area contributed by atoms with E-state index >= 15 is 0 Å². The number of amides is 1. The Bertz CT molecular complexity index is 738. The van der Waals surface area contributed by atoms with E-state index in [9.17, 15) is 13.2 Å². The van der Waals surface area contributed by atoms with E-state index in [1.54, 1.807) is 24.3 Å². The smallest absolute Gasteiger partial charge is 0.246 e. The topological polar surface area (TPSA) is 132 Å². The van der Waals surface area contributed by atoms with Crippen LogP contribution in [0, 0.1) is 0 Å². The molecule has 0 aliphatic rings. The van der Waals surface area contributed by atoms with Gasteiger partial charge >= 0.3 is 0 Å². The molecule has 1 aromatic heterocycles. The third-order valence-corrected chi connectivity index (χ3v) is 2.94. The fourth-order valence-electron chi connectivity index (χ4n) is 1.57. The van der Waals surface area contributed by atoms with E-state index in [1.807, 2.05) is 0 Å².